The van der Waals surface area contributed by atoms with Crippen LogP contribution in [0.15, 0.2) is 107 Å². The maximum atomic E-state index is 12.8. The van der Waals surface area contributed by atoms with Crippen molar-refractivity contribution in [2.45, 2.75) is 30.1 Å². The van der Waals surface area contributed by atoms with Gasteiger partial charge in [-0.2, -0.15) is 0 Å². The Morgan fingerprint density at radius 1 is 0.500 bits per heavy atom. The van der Waals surface area contributed by atoms with Crippen molar-refractivity contribution in [3.8, 4) is 11.1 Å². The maximum absolute atomic E-state index is 12.8. The van der Waals surface area contributed by atoms with Gasteiger partial charge in [0.1, 0.15) is 0 Å². The van der Waals surface area contributed by atoms with E-state index in [9.17, 15) is 8.42 Å². The second kappa shape index (κ2) is 8.29. The zero-order valence-electron chi connectivity index (χ0n) is 17.2. The molecular formula is C27H24O2S. The van der Waals surface area contributed by atoms with E-state index in [0.717, 1.165) is 23.1 Å². The third kappa shape index (κ3) is 4.37. The molecule has 4 rings (SSSR count). The van der Waals surface area contributed by atoms with Crippen LogP contribution in [0.2, 0.25) is 0 Å². The maximum Gasteiger partial charge on any atom is 0.206 e. The molecule has 2 nitrogen and oxygen atoms in total. The van der Waals surface area contributed by atoms with Gasteiger partial charge in [0, 0.05) is 0 Å². The normalized spacial score (nSPS) is 11.4. The highest BCUT2D eigenvalue weighted by atomic mass is 32.2. The van der Waals surface area contributed by atoms with E-state index < -0.39 is 9.84 Å². The zero-order chi connectivity index (χ0) is 21.1. The lowest BCUT2D eigenvalue weighted by Crippen LogP contribution is -2.01. The molecule has 30 heavy (non-hydrogen) atoms. The topological polar surface area (TPSA) is 34.1 Å². The van der Waals surface area contributed by atoms with Crippen LogP contribution in [0, 0.1) is 13.8 Å². The van der Waals surface area contributed by atoms with E-state index in [4.69, 9.17) is 0 Å². The highest BCUT2D eigenvalue weighted by Gasteiger charge is 2.17. The Bertz CT molecular complexity index is 1230. The standard InChI is InChI=1S/C27H24O2S/c1-20-3-7-22(8-4-20)19-23-9-11-24(12-10-23)25-13-17-27(18-14-25)30(28,29)26-15-5-21(2)6-16-26/h3-18H,19H2,1-2H3. The molecule has 0 fully saturated rings. The van der Waals surface area contributed by atoms with Gasteiger partial charge in [0.2, 0.25) is 9.84 Å². The molecule has 0 spiro atoms. The Labute approximate surface area is 178 Å². The summed E-state index contributed by atoms with van der Waals surface area (Å²) in [7, 11) is -3.50. The van der Waals surface area contributed by atoms with Crippen molar-refractivity contribution in [3.63, 3.8) is 0 Å². The van der Waals surface area contributed by atoms with Gasteiger partial charge in [-0.05, 0) is 66.8 Å². The lowest BCUT2D eigenvalue weighted by molar-refractivity contribution is 0.596. The fourth-order valence-corrected chi connectivity index (χ4v) is 4.70. The molecule has 0 unspecified atom stereocenters. The minimum atomic E-state index is -3.50. The summed E-state index contributed by atoms with van der Waals surface area (Å²) < 4.78 is 25.7. The number of benzene rings is 4. The Balaban J connectivity index is 1.52. The lowest BCUT2D eigenvalue weighted by atomic mass is 10.00. The van der Waals surface area contributed by atoms with Crippen molar-refractivity contribution in [2.75, 3.05) is 0 Å². The number of rotatable bonds is 5. The zero-order valence-corrected chi connectivity index (χ0v) is 18.0. The quantitative estimate of drug-likeness (QED) is 0.380. The van der Waals surface area contributed by atoms with E-state index in [1.54, 1.807) is 24.3 Å². The van der Waals surface area contributed by atoms with Crippen LogP contribution < -0.4 is 0 Å². The molecule has 150 valence electrons. The van der Waals surface area contributed by atoms with Gasteiger partial charge in [0.05, 0.1) is 9.79 Å². The van der Waals surface area contributed by atoms with Crippen molar-refractivity contribution < 1.29 is 8.42 Å². The Kier molecular flexibility index (Phi) is 5.56. The summed E-state index contributed by atoms with van der Waals surface area (Å²) in [6.07, 6.45) is 0.897. The van der Waals surface area contributed by atoms with Crippen molar-refractivity contribution in [1.82, 2.24) is 0 Å². The van der Waals surface area contributed by atoms with Gasteiger partial charge in [0.15, 0.2) is 0 Å². The predicted octanol–water partition coefficient (Wildman–Crippen LogP) is 6.39. The summed E-state index contributed by atoms with van der Waals surface area (Å²) in [6, 6.07) is 31.1. The molecular weight excluding hydrogens is 388 g/mol. The Morgan fingerprint density at radius 2 is 0.833 bits per heavy atom. The van der Waals surface area contributed by atoms with Crippen molar-refractivity contribution in [2.24, 2.45) is 0 Å². The Hall–Kier alpha value is -3.17. The second-order valence-corrected chi connectivity index (χ2v) is 9.65. The Morgan fingerprint density at radius 3 is 1.30 bits per heavy atom. The fourth-order valence-electron chi connectivity index (χ4n) is 3.44. The summed E-state index contributed by atoms with van der Waals surface area (Å²) in [4.78, 5) is 0.632. The molecule has 0 saturated heterocycles. The molecule has 0 N–H and O–H groups in total. The molecule has 0 atom stereocenters. The average Bonchev–Trinajstić information content (AvgIpc) is 2.76. The summed E-state index contributed by atoms with van der Waals surface area (Å²) in [5.41, 5.74) is 6.92. The van der Waals surface area contributed by atoms with Crippen LogP contribution in [0.25, 0.3) is 11.1 Å². The minimum absolute atomic E-state index is 0.311. The van der Waals surface area contributed by atoms with Gasteiger partial charge in [-0.15, -0.1) is 0 Å². The average molecular weight is 413 g/mol. The molecule has 0 amide bonds. The first kappa shape index (κ1) is 20.1. The second-order valence-electron chi connectivity index (χ2n) is 7.70. The van der Waals surface area contributed by atoms with Crippen molar-refractivity contribution in [1.29, 1.82) is 0 Å². The SMILES string of the molecule is Cc1ccc(Cc2ccc(-c3ccc(S(=O)(=O)c4ccc(C)cc4)cc3)cc2)cc1. The summed E-state index contributed by atoms with van der Waals surface area (Å²) in [6.45, 7) is 4.03. The van der Waals surface area contributed by atoms with E-state index in [1.807, 2.05) is 31.2 Å². The number of hydrogen-bond donors (Lipinski definition) is 0. The minimum Gasteiger partial charge on any atom is -0.219 e. The van der Waals surface area contributed by atoms with Crippen LogP contribution in [0.4, 0.5) is 0 Å². The van der Waals surface area contributed by atoms with Crippen LogP contribution in [0.3, 0.4) is 0 Å². The summed E-state index contributed by atoms with van der Waals surface area (Å²) >= 11 is 0. The molecule has 0 heterocycles. The monoisotopic (exact) mass is 412 g/mol. The van der Waals surface area contributed by atoms with Crippen LogP contribution in [-0.4, -0.2) is 8.42 Å². The highest BCUT2D eigenvalue weighted by Crippen LogP contribution is 2.26. The molecule has 4 aromatic carbocycles. The van der Waals surface area contributed by atoms with Crippen LogP contribution in [0.5, 0.6) is 0 Å². The molecule has 4 aromatic rings. The molecule has 0 saturated carbocycles. The molecule has 0 aromatic heterocycles. The molecule has 0 radical (unpaired) electrons. The summed E-state index contributed by atoms with van der Waals surface area (Å²) in [5.74, 6) is 0. The van der Waals surface area contributed by atoms with Crippen LogP contribution in [0.1, 0.15) is 22.3 Å². The van der Waals surface area contributed by atoms with Crippen molar-refractivity contribution in [3.05, 3.63) is 119 Å². The van der Waals surface area contributed by atoms with Crippen LogP contribution in [-0.2, 0) is 16.3 Å². The third-order valence-corrected chi connectivity index (χ3v) is 7.10. The number of hydrogen-bond acceptors (Lipinski definition) is 2. The lowest BCUT2D eigenvalue weighted by Gasteiger charge is -2.08. The van der Waals surface area contributed by atoms with E-state index in [0.29, 0.717) is 9.79 Å². The molecule has 0 aliphatic rings. The highest BCUT2D eigenvalue weighted by molar-refractivity contribution is 7.91. The molecule has 3 heteroatoms. The first-order valence-corrected chi connectivity index (χ1v) is 11.5. The van der Waals surface area contributed by atoms with Crippen LogP contribution >= 0.6 is 0 Å². The third-order valence-electron chi connectivity index (χ3n) is 5.31. The van der Waals surface area contributed by atoms with Gasteiger partial charge in [-0.1, -0.05) is 83.9 Å². The van der Waals surface area contributed by atoms with Gasteiger partial charge in [-0.25, -0.2) is 8.42 Å². The van der Waals surface area contributed by atoms with E-state index in [1.165, 1.54) is 16.7 Å². The van der Waals surface area contributed by atoms with Gasteiger partial charge < -0.3 is 0 Å². The first-order chi connectivity index (χ1) is 14.4. The molecule has 0 aliphatic heterocycles. The van der Waals surface area contributed by atoms with Gasteiger partial charge in [0.25, 0.3) is 0 Å². The number of aryl methyl sites for hydroxylation is 2. The van der Waals surface area contributed by atoms with Gasteiger partial charge >= 0.3 is 0 Å². The van der Waals surface area contributed by atoms with E-state index in [2.05, 4.69) is 55.5 Å². The van der Waals surface area contributed by atoms with Crippen molar-refractivity contribution >= 4 is 9.84 Å². The molecule has 0 aliphatic carbocycles. The van der Waals surface area contributed by atoms with Gasteiger partial charge in [-0.3, -0.25) is 0 Å². The number of sulfone groups is 1. The largest absolute Gasteiger partial charge is 0.219 e. The fraction of sp³-hybridized carbons (Fsp3) is 0.111. The molecule has 0 bridgehead atoms. The van der Waals surface area contributed by atoms with E-state index >= 15 is 0 Å². The smallest absolute Gasteiger partial charge is 0.206 e. The summed E-state index contributed by atoms with van der Waals surface area (Å²) in [5, 5.41) is 0. The first-order valence-electron chi connectivity index (χ1n) is 9.98. The predicted molar refractivity (Wildman–Crippen MR) is 122 cm³/mol. The van der Waals surface area contributed by atoms with E-state index in [-0.39, 0.29) is 0 Å².